The smallest absolute Gasteiger partial charge is 0.332 e. The second kappa shape index (κ2) is 7.82. The predicted octanol–water partition coefficient (Wildman–Crippen LogP) is 0.328. The molecule has 0 spiro atoms. The first kappa shape index (κ1) is 20.2. The van der Waals surface area contributed by atoms with E-state index in [0.29, 0.717) is 17.1 Å². The highest BCUT2D eigenvalue weighted by Gasteiger charge is 2.19. The summed E-state index contributed by atoms with van der Waals surface area (Å²) in [6.45, 7) is 1.36. The van der Waals surface area contributed by atoms with Gasteiger partial charge in [0.2, 0.25) is 5.91 Å². The lowest BCUT2D eigenvalue weighted by molar-refractivity contribution is -0.122. The molecular weight excluding hydrogens is 378 g/mol. The Morgan fingerprint density at radius 3 is 2.59 bits per heavy atom. The molecule has 0 aliphatic rings. The van der Waals surface area contributed by atoms with E-state index in [0.717, 1.165) is 4.57 Å². The Kier molecular flexibility index (Phi) is 5.44. The van der Waals surface area contributed by atoms with E-state index in [-0.39, 0.29) is 11.2 Å². The third-order valence-corrected chi connectivity index (χ3v) is 4.78. The SMILES string of the molecule is COc1ccc(OC)c([C@H](C)NC(=O)Cn2c(=O)c3c(ncn3C)n(C)c2=O)c1. The highest BCUT2D eigenvalue weighted by Crippen LogP contribution is 2.29. The first-order valence-electron chi connectivity index (χ1n) is 8.90. The van der Waals surface area contributed by atoms with E-state index in [1.54, 1.807) is 39.3 Å². The molecule has 0 radical (unpaired) electrons. The standard InChI is InChI=1S/C19H23N5O5/c1-11(13-8-12(28-4)6-7-14(13)29-5)21-15(25)9-24-18(26)16-17(20-10-22(16)2)23(3)19(24)27/h6-8,10-11H,9H2,1-5H3,(H,21,25)/t11-/m0/s1. The van der Waals surface area contributed by atoms with E-state index in [1.807, 2.05) is 0 Å². The number of rotatable bonds is 6. The quantitative estimate of drug-likeness (QED) is 0.637. The Balaban J connectivity index is 1.90. The van der Waals surface area contributed by atoms with Gasteiger partial charge in [0.1, 0.15) is 18.0 Å². The van der Waals surface area contributed by atoms with Crippen molar-refractivity contribution in [1.82, 2.24) is 24.0 Å². The molecule has 0 saturated heterocycles. The number of benzene rings is 1. The number of ether oxygens (including phenoxy) is 2. The van der Waals surface area contributed by atoms with Crippen LogP contribution in [0.1, 0.15) is 18.5 Å². The van der Waals surface area contributed by atoms with Gasteiger partial charge in [0.05, 0.1) is 26.6 Å². The summed E-state index contributed by atoms with van der Waals surface area (Å²) in [6.07, 6.45) is 1.45. The lowest BCUT2D eigenvalue weighted by atomic mass is 10.1. The molecule has 0 fully saturated rings. The van der Waals surface area contributed by atoms with Crippen LogP contribution in [0.5, 0.6) is 11.5 Å². The van der Waals surface area contributed by atoms with Gasteiger partial charge in [-0.15, -0.1) is 0 Å². The zero-order valence-electron chi connectivity index (χ0n) is 16.9. The van der Waals surface area contributed by atoms with E-state index in [9.17, 15) is 14.4 Å². The minimum atomic E-state index is -0.608. The summed E-state index contributed by atoms with van der Waals surface area (Å²) in [6, 6.07) is 4.82. The molecule has 0 bridgehead atoms. The fourth-order valence-electron chi connectivity index (χ4n) is 3.22. The Hall–Kier alpha value is -3.56. The van der Waals surface area contributed by atoms with Crippen molar-refractivity contribution in [3.05, 3.63) is 50.9 Å². The van der Waals surface area contributed by atoms with Gasteiger partial charge >= 0.3 is 5.69 Å². The van der Waals surface area contributed by atoms with Gasteiger partial charge in [-0.25, -0.2) is 14.3 Å². The molecule has 0 unspecified atom stereocenters. The Morgan fingerprint density at radius 1 is 1.21 bits per heavy atom. The molecule has 1 atom stereocenters. The molecule has 3 rings (SSSR count). The number of nitrogens with one attached hydrogen (secondary N) is 1. The topological polar surface area (TPSA) is 109 Å². The van der Waals surface area contributed by atoms with Crippen LogP contribution in [-0.2, 0) is 25.4 Å². The largest absolute Gasteiger partial charge is 0.497 e. The highest BCUT2D eigenvalue weighted by molar-refractivity contribution is 5.77. The molecule has 1 aromatic carbocycles. The summed E-state index contributed by atoms with van der Waals surface area (Å²) >= 11 is 0. The van der Waals surface area contributed by atoms with Crippen LogP contribution in [-0.4, -0.2) is 38.8 Å². The van der Waals surface area contributed by atoms with Crippen LogP contribution >= 0.6 is 0 Å². The molecule has 10 heteroatoms. The molecule has 10 nitrogen and oxygen atoms in total. The average molecular weight is 401 g/mol. The third kappa shape index (κ3) is 3.60. The molecule has 0 saturated carbocycles. The van der Waals surface area contributed by atoms with Gasteiger partial charge in [-0.2, -0.15) is 0 Å². The number of imidazole rings is 1. The van der Waals surface area contributed by atoms with E-state index in [1.165, 1.54) is 29.6 Å². The summed E-state index contributed by atoms with van der Waals surface area (Å²) in [7, 11) is 6.25. The maximum Gasteiger partial charge on any atom is 0.332 e. The minimum absolute atomic E-state index is 0.252. The van der Waals surface area contributed by atoms with Crippen LogP contribution in [0.25, 0.3) is 11.2 Å². The van der Waals surface area contributed by atoms with Crippen LogP contribution < -0.4 is 26.0 Å². The molecule has 154 valence electrons. The van der Waals surface area contributed by atoms with Crippen molar-refractivity contribution in [1.29, 1.82) is 0 Å². The number of methoxy groups -OCH3 is 2. The lowest BCUT2D eigenvalue weighted by Crippen LogP contribution is -2.43. The van der Waals surface area contributed by atoms with Gasteiger partial charge in [0.25, 0.3) is 5.56 Å². The maximum absolute atomic E-state index is 12.7. The van der Waals surface area contributed by atoms with E-state index < -0.39 is 29.7 Å². The summed E-state index contributed by atoms with van der Waals surface area (Å²) in [5.41, 5.74) is 0.0615. The second-order valence-electron chi connectivity index (χ2n) is 6.66. The first-order valence-corrected chi connectivity index (χ1v) is 8.90. The summed E-state index contributed by atoms with van der Waals surface area (Å²) in [5.74, 6) is 0.722. The van der Waals surface area contributed by atoms with Crippen molar-refractivity contribution in [2.75, 3.05) is 14.2 Å². The molecular formula is C19H23N5O5. The Bertz CT molecular complexity index is 1190. The number of amides is 1. The maximum atomic E-state index is 12.7. The van der Waals surface area contributed by atoms with Crippen molar-refractivity contribution in [2.45, 2.75) is 19.5 Å². The van der Waals surface area contributed by atoms with Crippen LogP contribution in [0.3, 0.4) is 0 Å². The summed E-state index contributed by atoms with van der Waals surface area (Å²) in [5, 5.41) is 2.80. The lowest BCUT2D eigenvalue weighted by Gasteiger charge is -2.18. The zero-order chi connectivity index (χ0) is 21.3. The second-order valence-corrected chi connectivity index (χ2v) is 6.66. The molecule has 29 heavy (non-hydrogen) atoms. The zero-order valence-corrected chi connectivity index (χ0v) is 16.9. The molecule has 1 N–H and O–H groups in total. The van der Waals surface area contributed by atoms with Gasteiger partial charge in [-0.3, -0.25) is 14.2 Å². The number of fused-ring (bicyclic) bond motifs is 1. The number of aryl methyl sites for hydroxylation is 2. The van der Waals surface area contributed by atoms with E-state index in [2.05, 4.69) is 10.3 Å². The molecule has 2 heterocycles. The van der Waals surface area contributed by atoms with Gasteiger partial charge in [-0.05, 0) is 25.1 Å². The Labute approximate surface area is 166 Å². The number of hydrogen-bond acceptors (Lipinski definition) is 6. The van der Waals surface area contributed by atoms with Gasteiger partial charge in [0.15, 0.2) is 11.2 Å². The number of aromatic nitrogens is 4. The Morgan fingerprint density at radius 2 is 1.93 bits per heavy atom. The third-order valence-electron chi connectivity index (χ3n) is 4.78. The molecule has 0 aliphatic carbocycles. The molecule has 2 aromatic heterocycles. The molecule has 1 amide bonds. The van der Waals surface area contributed by atoms with Crippen molar-refractivity contribution in [3.8, 4) is 11.5 Å². The highest BCUT2D eigenvalue weighted by atomic mass is 16.5. The normalized spacial score (nSPS) is 12.0. The van der Waals surface area contributed by atoms with Gasteiger partial charge < -0.3 is 19.4 Å². The van der Waals surface area contributed by atoms with Gasteiger partial charge in [0, 0.05) is 19.7 Å². The minimum Gasteiger partial charge on any atom is -0.497 e. The van der Waals surface area contributed by atoms with Crippen LogP contribution in [0.2, 0.25) is 0 Å². The van der Waals surface area contributed by atoms with E-state index in [4.69, 9.17) is 9.47 Å². The first-order chi connectivity index (χ1) is 13.8. The summed E-state index contributed by atoms with van der Waals surface area (Å²) < 4.78 is 14.2. The number of carbonyl (C=O) groups excluding carboxylic acids is 1. The number of carbonyl (C=O) groups is 1. The fraction of sp³-hybridized carbons (Fsp3) is 0.368. The van der Waals surface area contributed by atoms with E-state index >= 15 is 0 Å². The number of nitrogens with zero attached hydrogens (tertiary/aromatic N) is 4. The molecule has 3 aromatic rings. The van der Waals surface area contributed by atoms with Crippen LogP contribution in [0.15, 0.2) is 34.1 Å². The van der Waals surface area contributed by atoms with Crippen molar-refractivity contribution in [2.24, 2.45) is 14.1 Å². The average Bonchev–Trinajstić information content (AvgIpc) is 3.10. The van der Waals surface area contributed by atoms with Crippen LogP contribution in [0, 0.1) is 0 Å². The van der Waals surface area contributed by atoms with Crippen molar-refractivity contribution >= 4 is 17.1 Å². The van der Waals surface area contributed by atoms with Crippen molar-refractivity contribution in [3.63, 3.8) is 0 Å². The monoisotopic (exact) mass is 401 g/mol. The molecule has 0 aliphatic heterocycles. The van der Waals surface area contributed by atoms with Gasteiger partial charge in [-0.1, -0.05) is 0 Å². The van der Waals surface area contributed by atoms with Crippen molar-refractivity contribution < 1.29 is 14.3 Å². The predicted molar refractivity (Wildman–Crippen MR) is 106 cm³/mol. The summed E-state index contributed by atoms with van der Waals surface area (Å²) in [4.78, 5) is 42.0. The van der Waals surface area contributed by atoms with Crippen LogP contribution in [0.4, 0.5) is 0 Å². The number of hydrogen-bond donors (Lipinski definition) is 1. The fourth-order valence-corrected chi connectivity index (χ4v) is 3.22.